The second-order valence-electron chi connectivity index (χ2n) is 7.36. The topological polar surface area (TPSA) is 120 Å². The maximum atomic E-state index is 12.8. The Kier molecular flexibility index (Phi) is 5.52. The molecule has 0 aliphatic heterocycles. The Bertz CT molecular complexity index is 1500. The van der Waals surface area contributed by atoms with E-state index in [9.17, 15) is 8.42 Å². The number of anilines is 3. The summed E-state index contributed by atoms with van der Waals surface area (Å²) < 4.78 is 31.5. The highest BCUT2D eigenvalue weighted by Crippen LogP contribution is 2.22. The zero-order chi connectivity index (χ0) is 23.5. The molecule has 10 nitrogen and oxygen atoms in total. The van der Waals surface area contributed by atoms with Gasteiger partial charge in [-0.25, -0.2) is 27.7 Å². The molecule has 2 N–H and O–H groups in total. The predicted molar refractivity (Wildman–Crippen MR) is 128 cm³/mol. The fourth-order valence-electron chi connectivity index (χ4n) is 3.32. The van der Waals surface area contributed by atoms with Crippen LogP contribution in [0.2, 0.25) is 0 Å². The zero-order valence-electron chi connectivity index (χ0n) is 18.1. The van der Waals surface area contributed by atoms with Gasteiger partial charge in [0.1, 0.15) is 11.6 Å². The SMILES string of the molecule is Cc1nc(Nc2ccc(NS(=O)(=O)c3ccc(-n4cccn4)cc3)cc2)cc(-n2cccn2)n1. The first-order valence-electron chi connectivity index (χ1n) is 10.3. The fourth-order valence-corrected chi connectivity index (χ4v) is 4.38. The number of aromatic nitrogens is 6. The first-order chi connectivity index (χ1) is 16.5. The van der Waals surface area contributed by atoms with Crippen LogP contribution in [0.4, 0.5) is 17.2 Å². The lowest BCUT2D eigenvalue weighted by Crippen LogP contribution is -2.13. The third kappa shape index (κ3) is 4.64. The Morgan fingerprint density at radius 3 is 2.09 bits per heavy atom. The highest BCUT2D eigenvalue weighted by Gasteiger charge is 2.14. The van der Waals surface area contributed by atoms with Crippen molar-refractivity contribution in [3.63, 3.8) is 0 Å². The zero-order valence-corrected chi connectivity index (χ0v) is 18.9. The summed E-state index contributed by atoms with van der Waals surface area (Å²) in [5, 5.41) is 11.5. The fraction of sp³-hybridized carbons (Fsp3) is 0.0435. The molecule has 0 aliphatic rings. The summed E-state index contributed by atoms with van der Waals surface area (Å²) in [6, 6.07) is 18.8. The van der Waals surface area contributed by atoms with Gasteiger partial charge in [-0.2, -0.15) is 10.2 Å². The van der Waals surface area contributed by atoms with Gasteiger partial charge in [-0.05, 0) is 67.6 Å². The first kappa shape index (κ1) is 21.3. The molecular formula is C23H20N8O2S. The van der Waals surface area contributed by atoms with Crippen molar-refractivity contribution in [1.82, 2.24) is 29.5 Å². The summed E-state index contributed by atoms with van der Waals surface area (Å²) in [4.78, 5) is 8.95. The second-order valence-corrected chi connectivity index (χ2v) is 9.04. The molecule has 0 amide bonds. The Hall–Kier alpha value is -4.51. The molecule has 5 rings (SSSR count). The largest absolute Gasteiger partial charge is 0.340 e. The molecule has 0 saturated carbocycles. The van der Waals surface area contributed by atoms with Crippen LogP contribution in [0.25, 0.3) is 11.5 Å². The van der Waals surface area contributed by atoms with Crippen LogP contribution < -0.4 is 10.0 Å². The molecule has 0 atom stereocenters. The minimum Gasteiger partial charge on any atom is -0.340 e. The lowest BCUT2D eigenvalue weighted by atomic mass is 10.3. The maximum Gasteiger partial charge on any atom is 0.261 e. The van der Waals surface area contributed by atoms with Crippen molar-refractivity contribution < 1.29 is 8.42 Å². The van der Waals surface area contributed by atoms with Crippen molar-refractivity contribution in [1.29, 1.82) is 0 Å². The van der Waals surface area contributed by atoms with E-state index in [1.807, 2.05) is 6.07 Å². The molecule has 0 saturated heterocycles. The van der Waals surface area contributed by atoms with Crippen molar-refractivity contribution in [3.8, 4) is 11.5 Å². The Morgan fingerprint density at radius 1 is 0.794 bits per heavy atom. The van der Waals surface area contributed by atoms with Crippen molar-refractivity contribution in [3.05, 3.63) is 97.3 Å². The lowest BCUT2D eigenvalue weighted by Gasteiger charge is -2.11. The monoisotopic (exact) mass is 472 g/mol. The molecule has 0 radical (unpaired) electrons. The molecule has 0 aliphatic carbocycles. The van der Waals surface area contributed by atoms with Crippen LogP contribution in [0.1, 0.15) is 5.82 Å². The van der Waals surface area contributed by atoms with Crippen molar-refractivity contribution in [2.24, 2.45) is 0 Å². The molecule has 11 heteroatoms. The molecule has 34 heavy (non-hydrogen) atoms. The van der Waals surface area contributed by atoms with Crippen LogP contribution in [0.3, 0.4) is 0 Å². The summed E-state index contributed by atoms with van der Waals surface area (Å²) in [5.41, 5.74) is 1.96. The van der Waals surface area contributed by atoms with Gasteiger partial charge in [0.2, 0.25) is 0 Å². The maximum absolute atomic E-state index is 12.8. The van der Waals surface area contributed by atoms with Crippen LogP contribution in [-0.4, -0.2) is 37.9 Å². The smallest absolute Gasteiger partial charge is 0.261 e. The van der Waals surface area contributed by atoms with Gasteiger partial charge >= 0.3 is 0 Å². The van der Waals surface area contributed by atoms with Crippen LogP contribution in [-0.2, 0) is 10.0 Å². The van der Waals surface area contributed by atoms with Gasteiger partial charge in [-0.15, -0.1) is 0 Å². The number of benzene rings is 2. The van der Waals surface area contributed by atoms with Crippen molar-refractivity contribution in [2.75, 3.05) is 10.0 Å². The number of hydrogen-bond donors (Lipinski definition) is 2. The normalized spacial score (nSPS) is 11.3. The third-order valence-electron chi connectivity index (χ3n) is 4.89. The number of sulfonamides is 1. The molecule has 5 aromatic rings. The highest BCUT2D eigenvalue weighted by atomic mass is 32.2. The predicted octanol–water partition coefficient (Wildman–Crippen LogP) is 3.70. The van der Waals surface area contributed by atoms with Crippen LogP contribution in [0.15, 0.2) is 96.4 Å². The quantitative estimate of drug-likeness (QED) is 0.371. The van der Waals surface area contributed by atoms with E-state index in [2.05, 4.69) is 30.2 Å². The van der Waals surface area contributed by atoms with Gasteiger partial charge < -0.3 is 5.32 Å². The molecule has 0 bridgehead atoms. The van der Waals surface area contributed by atoms with Crippen molar-refractivity contribution >= 4 is 27.2 Å². The van der Waals surface area contributed by atoms with Gasteiger partial charge in [0.15, 0.2) is 5.82 Å². The summed E-state index contributed by atoms with van der Waals surface area (Å²) in [5.74, 6) is 1.84. The van der Waals surface area contributed by atoms with Gasteiger partial charge in [0.05, 0.1) is 10.6 Å². The molecule has 3 aromatic heterocycles. The van der Waals surface area contributed by atoms with E-state index in [-0.39, 0.29) is 4.90 Å². The van der Waals surface area contributed by atoms with Crippen LogP contribution in [0.5, 0.6) is 0 Å². The summed E-state index contributed by atoms with van der Waals surface area (Å²) in [6.07, 6.45) is 6.93. The molecule has 0 unspecified atom stereocenters. The van der Waals surface area contributed by atoms with E-state index < -0.39 is 10.0 Å². The van der Waals surface area contributed by atoms with E-state index in [4.69, 9.17) is 0 Å². The molecule has 0 fully saturated rings. The van der Waals surface area contributed by atoms with E-state index in [1.165, 1.54) is 0 Å². The standard InChI is InChI=1S/C23H20N8O2S/c1-17-26-22(16-23(27-17)31-15-3-13-25-31)28-18-4-6-19(7-5-18)29-34(32,33)21-10-8-20(9-11-21)30-14-2-12-24-30/h2-16,29H,1H3,(H,26,27,28). The van der Waals surface area contributed by atoms with E-state index in [0.29, 0.717) is 23.1 Å². The van der Waals surface area contributed by atoms with E-state index >= 15 is 0 Å². The first-order valence-corrected chi connectivity index (χ1v) is 11.8. The lowest BCUT2D eigenvalue weighted by molar-refractivity contribution is 0.601. The van der Waals surface area contributed by atoms with E-state index in [0.717, 1.165) is 11.4 Å². The Balaban J connectivity index is 1.29. The third-order valence-corrected chi connectivity index (χ3v) is 6.29. The van der Waals surface area contributed by atoms with Crippen LogP contribution >= 0.6 is 0 Å². The summed E-state index contributed by atoms with van der Waals surface area (Å²) >= 11 is 0. The molecule has 3 heterocycles. The second kappa shape index (κ2) is 8.79. The minimum absolute atomic E-state index is 0.160. The average molecular weight is 473 g/mol. The molecule has 0 spiro atoms. The number of rotatable bonds is 7. The number of aryl methyl sites for hydroxylation is 1. The van der Waals surface area contributed by atoms with Gasteiger partial charge in [-0.3, -0.25) is 4.72 Å². The number of nitrogens with one attached hydrogen (secondary N) is 2. The summed E-state index contributed by atoms with van der Waals surface area (Å²) in [7, 11) is -3.74. The van der Waals surface area contributed by atoms with E-state index in [1.54, 1.807) is 102 Å². The Labute approximate surface area is 196 Å². The van der Waals surface area contributed by atoms with Crippen molar-refractivity contribution in [2.45, 2.75) is 11.8 Å². The average Bonchev–Trinajstić information content (AvgIpc) is 3.55. The van der Waals surface area contributed by atoms with Gasteiger partial charge in [0.25, 0.3) is 10.0 Å². The van der Waals surface area contributed by atoms with Crippen LogP contribution in [0, 0.1) is 6.92 Å². The highest BCUT2D eigenvalue weighted by molar-refractivity contribution is 7.92. The van der Waals surface area contributed by atoms with Gasteiger partial charge in [0, 0.05) is 42.2 Å². The Morgan fingerprint density at radius 2 is 1.44 bits per heavy atom. The van der Waals surface area contributed by atoms with Gasteiger partial charge in [-0.1, -0.05) is 0 Å². The number of nitrogens with zero attached hydrogens (tertiary/aromatic N) is 6. The minimum atomic E-state index is -3.74. The summed E-state index contributed by atoms with van der Waals surface area (Å²) in [6.45, 7) is 1.80. The molecule has 170 valence electrons. The molecular weight excluding hydrogens is 452 g/mol. The number of hydrogen-bond acceptors (Lipinski definition) is 7. The molecule has 2 aromatic carbocycles.